The monoisotopic (exact) mass is 280 g/mol. The highest BCUT2D eigenvalue weighted by molar-refractivity contribution is 5.68. The van der Waals surface area contributed by atoms with Gasteiger partial charge < -0.3 is 10.1 Å². The van der Waals surface area contributed by atoms with Crippen LogP contribution in [0.1, 0.15) is 39.7 Å². The number of carbonyl (C=O) groups is 1. The molecule has 0 aliphatic carbocycles. The van der Waals surface area contributed by atoms with Gasteiger partial charge in [-0.05, 0) is 40.2 Å². The zero-order valence-corrected chi connectivity index (χ0v) is 12.3. The lowest BCUT2D eigenvalue weighted by Gasteiger charge is -2.21. The van der Waals surface area contributed by atoms with Crippen molar-refractivity contribution in [2.24, 2.45) is 0 Å². The summed E-state index contributed by atoms with van der Waals surface area (Å²) in [5.41, 5.74) is -0.0876. The fourth-order valence-corrected chi connectivity index (χ4v) is 1.48. The van der Waals surface area contributed by atoms with E-state index in [0.29, 0.717) is 12.0 Å². The van der Waals surface area contributed by atoms with Crippen LogP contribution < -0.4 is 5.32 Å². The van der Waals surface area contributed by atoms with Gasteiger partial charge in [0.05, 0.1) is 0 Å². The van der Waals surface area contributed by atoms with Crippen molar-refractivity contribution in [2.75, 3.05) is 0 Å². The molecule has 0 unspecified atom stereocenters. The van der Waals surface area contributed by atoms with Gasteiger partial charge in [0.15, 0.2) is 0 Å². The van der Waals surface area contributed by atoms with Gasteiger partial charge in [-0.3, -0.25) is 4.98 Å². The Hall–Kier alpha value is -1.91. The summed E-state index contributed by atoms with van der Waals surface area (Å²) in [4.78, 5) is 15.4. The third-order valence-corrected chi connectivity index (χ3v) is 2.35. The van der Waals surface area contributed by atoms with Crippen molar-refractivity contribution in [2.45, 2.75) is 45.8 Å². The first-order chi connectivity index (χ1) is 9.28. The molecule has 110 valence electrons. The summed E-state index contributed by atoms with van der Waals surface area (Å²) < 4.78 is 18.5. The molecule has 0 aliphatic heterocycles. The van der Waals surface area contributed by atoms with E-state index >= 15 is 0 Å². The summed E-state index contributed by atoms with van der Waals surface area (Å²) >= 11 is 0. The number of rotatable bonds is 4. The lowest BCUT2D eigenvalue weighted by molar-refractivity contribution is 0.0509. The van der Waals surface area contributed by atoms with Gasteiger partial charge in [0.2, 0.25) is 0 Å². The van der Waals surface area contributed by atoms with Gasteiger partial charge in [-0.25, -0.2) is 9.18 Å². The maximum atomic E-state index is 13.3. The Labute approximate surface area is 119 Å². The van der Waals surface area contributed by atoms with Gasteiger partial charge in [0, 0.05) is 24.0 Å². The molecule has 1 aromatic heterocycles. The van der Waals surface area contributed by atoms with E-state index in [-0.39, 0.29) is 11.9 Å². The number of amides is 1. The Kier molecular flexibility index (Phi) is 5.67. The predicted molar refractivity (Wildman–Crippen MR) is 76.7 cm³/mol. The van der Waals surface area contributed by atoms with Crippen molar-refractivity contribution >= 4 is 12.2 Å². The van der Waals surface area contributed by atoms with E-state index in [4.69, 9.17) is 4.74 Å². The minimum Gasteiger partial charge on any atom is -0.444 e. The van der Waals surface area contributed by atoms with E-state index in [1.54, 1.807) is 12.2 Å². The molecule has 1 atom stereocenters. The average molecular weight is 280 g/mol. The lowest BCUT2D eigenvalue weighted by Crippen LogP contribution is -2.37. The Morgan fingerprint density at radius 3 is 2.85 bits per heavy atom. The molecule has 20 heavy (non-hydrogen) atoms. The summed E-state index contributed by atoms with van der Waals surface area (Å²) in [5.74, 6) is -0.316. The highest BCUT2D eigenvalue weighted by Gasteiger charge is 2.17. The minimum absolute atomic E-state index is 0.0965. The third kappa shape index (κ3) is 6.31. The molecule has 1 amide bonds. The van der Waals surface area contributed by atoms with E-state index < -0.39 is 11.7 Å². The van der Waals surface area contributed by atoms with E-state index in [1.165, 1.54) is 18.5 Å². The fourth-order valence-electron chi connectivity index (χ4n) is 1.48. The van der Waals surface area contributed by atoms with Gasteiger partial charge in [0.25, 0.3) is 0 Å². The average Bonchev–Trinajstić information content (AvgIpc) is 2.28. The van der Waals surface area contributed by atoms with Crippen LogP contribution in [0.25, 0.3) is 6.08 Å². The zero-order valence-electron chi connectivity index (χ0n) is 12.3. The zero-order chi connectivity index (χ0) is 15.2. The van der Waals surface area contributed by atoms with E-state index in [9.17, 15) is 9.18 Å². The Balaban J connectivity index is 2.42. The molecule has 4 nitrogen and oxygen atoms in total. The Bertz CT molecular complexity index is 481. The molecule has 5 heteroatoms. The number of alkyl carbamates (subject to hydrolysis) is 1. The first-order valence-electron chi connectivity index (χ1n) is 6.53. The number of nitrogens with one attached hydrogen (secondary N) is 1. The number of nitrogens with zero attached hydrogens (tertiary/aromatic N) is 1. The van der Waals surface area contributed by atoms with Gasteiger partial charge in [0.1, 0.15) is 11.4 Å². The molecule has 1 aromatic rings. The quantitative estimate of drug-likeness (QED) is 0.917. The summed E-state index contributed by atoms with van der Waals surface area (Å²) in [6, 6.07) is 1.21. The molecule has 0 saturated carbocycles. The Morgan fingerprint density at radius 2 is 2.25 bits per heavy atom. The number of aromatic nitrogens is 1. The summed E-state index contributed by atoms with van der Waals surface area (Å²) in [5, 5.41) is 2.72. The first kappa shape index (κ1) is 16.1. The molecule has 0 saturated heterocycles. The normalized spacial score (nSPS) is 13.2. The first-order valence-corrected chi connectivity index (χ1v) is 6.53. The number of halogens is 1. The van der Waals surface area contributed by atoms with Crippen LogP contribution in [-0.2, 0) is 4.74 Å². The lowest BCUT2D eigenvalue weighted by atomic mass is 10.2. The molecule has 0 spiro atoms. The molecule has 0 aromatic carbocycles. The SMILES string of the molecule is C[C@@H](C/C=C/c1cnccc1F)NC(=O)OC(C)(C)C. The number of pyridine rings is 1. The topological polar surface area (TPSA) is 51.2 Å². The van der Waals surface area contributed by atoms with E-state index in [2.05, 4.69) is 10.3 Å². The van der Waals surface area contributed by atoms with Crippen molar-refractivity contribution < 1.29 is 13.9 Å². The number of carbonyl (C=O) groups excluding carboxylic acids is 1. The molecular formula is C15H21FN2O2. The highest BCUT2D eigenvalue weighted by Crippen LogP contribution is 2.09. The second kappa shape index (κ2) is 7.03. The molecule has 0 bridgehead atoms. The maximum Gasteiger partial charge on any atom is 0.407 e. The molecule has 1 rings (SSSR count). The van der Waals surface area contributed by atoms with Gasteiger partial charge in [-0.15, -0.1) is 0 Å². The highest BCUT2D eigenvalue weighted by atomic mass is 19.1. The van der Waals surface area contributed by atoms with Crippen molar-refractivity contribution in [3.63, 3.8) is 0 Å². The number of hydrogen-bond acceptors (Lipinski definition) is 3. The molecule has 1 heterocycles. The van der Waals surface area contributed by atoms with Crippen LogP contribution in [-0.4, -0.2) is 22.7 Å². The second-order valence-corrected chi connectivity index (χ2v) is 5.58. The van der Waals surface area contributed by atoms with Crippen LogP contribution in [0.15, 0.2) is 24.5 Å². The van der Waals surface area contributed by atoms with Crippen molar-refractivity contribution in [1.29, 1.82) is 0 Å². The minimum atomic E-state index is -0.515. The third-order valence-electron chi connectivity index (χ3n) is 2.35. The van der Waals surface area contributed by atoms with Gasteiger partial charge in [-0.2, -0.15) is 0 Å². The van der Waals surface area contributed by atoms with Crippen LogP contribution in [0.4, 0.5) is 9.18 Å². The fraction of sp³-hybridized carbons (Fsp3) is 0.467. The van der Waals surface area contributed by atoms with Crippen molar-refractivity contribution in [1.82, 2.24) is 10.3 Å². The smallest absolute Gasteiger partial charge is 0.407 e. The standard InChI is InChI=1S/C15H21FN2O2/c1-11(18-14(19)20-15(2,3)4)6-5-7-12-10-17-9-8-13(12)16/h5,7-11H,6H2,1-4H3,(H,18,19)/b7-5+/t11-/m0/s1. The van der Waals surface area contributed by atoms with E-state index in [1.807, 2.05) is 27.7 Å². The second-order valence-electron chi connectivity index (χ2n) is 5.58. The largest absolute Gasteiger partial charge is 0.444 e. The summed E-state index contributed by atoms with van der Waals surface area (Å²) in [6.45, 7) is 7.28. The summed E-state index contributed by atoms with van der Waals surface area (Å²) in [6.07, 6.45) is 6.42. The van der Waals surface area contributed by atoms with E-state index in [0.717, 1.165) is 0 Å². The van der Waals surface area contributed by atoms with Crippen LogP contribution in [0.5, 0.6) is 0 Å². The summed E-state index contributed by atoms with van der Waals surface area (Å²) in [7, 11) is 0. The molecule has 1 N–H and O–H groups in total. The molecule has 0 fully saturated rings. The van der Waals surface area contributed by atoms with Crippen molar-refractivity contribution in [3.8, 4) is 0 Å². The van der Waals surface area contributed by atoms with Crippen LogP contribution >= 0.6 is 0 Å². The number of hydrogen-bond donors (Lipinski definition) is 1. The molecule has 0 radical (unpaired) electrons. The van der Waals surface area contributed by atoms with Crippen LogP contribution in [0.2, 0.25) is 0 Å². The van der Waals surface area contributed by atoms with Gasteiger partial charge >= 0.3 is 6.09 Å². The molecular weight excluding hydrogens is 259 g/mol. The van der Waals surface area contributed by atoms with Crippen molar-refractivity contribution in [3.05, 3.63) is 35.9 Å². The molecule has 0 aliphatic rings. The maximum absolute atomic E-state index is 13.3. The predicted octanol–water partition coefficient (Wildman–Crippen LogP) is 3.54. The van der Waals surface area contributed by atoms with Gasteiger partial charge in [-0.1, -0.05) is 12.2 Å². The van der Waals surface area contributed by atoms with Crippen LogP contribution in [0.3, 0.4) is 0 Å². The Morgan fingerprint density at radius 1 is 1.55 bits per heavy atom. The van der Waals surface area contributed by atoms with Crippen LogP contribution in [0, 0.1) is 5.82 Å². The number of ether oxygens (including phenoxy) is 1.